The highest BCUT2D eigenvalue weighted by molar-refractivity contribution is 9.10. The highest BCUT2D eigenvalue weighted by Crippen LogP contribution is 2.27. The molecule has 0 aliphatic rings. The minimum Gasteiger partial charge on any atom is -0.492 e. The zero-order chi connectivity index (χ0) is 12.4. The summed E-state index contributed by atoms with van der Waals surface area (Å²) in [5.74, 6) is 0.731. The van der Waals surface area contributed by atoms with Gasteiger partial charge in [0.1, 0.15) is 5.75 Å². The number of halogens is 1. The number of aldehydes is 1. The summed E-state index contributed by atoms with van der Waals surface area (Å²) in [6.07, 6.45) is 3.37. The third-order valence-electron chi connectivity index (χ3n) is 2.53. The Morgan fingerprint density at radius 3 is 2.88 bits per heavy atom. The number of rotatable bonds is 4. The van der Waals surface area contributed by atoms with E-state index in [0.29, 0.717) is 12.2 Å². The molecule has 0 atom stereocenters. The van der Waals surface area contributed by atoms with E-state index in [1.807, 2.05) is 19.9 Å². The van der Waals surface area contributed by atoms with Crippen molar-refractivity contribution in [3.63, 3.8) is 0 Å². The van der Waals surface area contributed by atoms with E-state index in [1.54, 1.807) is 10.7 Å². The van der Waals surface area contributed by atoms with Crippen LogP contribution in [0.2, 0.25) is 0 Å². The summed E-state index contributed by atoms with van der Waals surface area (Å²) in [4.78, 5) is 11.1. The van der Waals surface area contributed by atoms with Gasteiger partial charge >= 0.3 is 0 Å². The predicted octanol–water partition coefficient (Wildman–Crippen LogP) is 2.87. The van der Waals surface area contributed by atoms with Crippen LogP contribution < -0.4 is 4.74 Å². The maximum Gasteiger partial charge on any atom is 0.154 e. The molecule has 0 aliphatic heterocycles. The molecule has 2 aromatic rings. The zero-order valence-electron chi connectivity index (χ0n) is 9.74. The normalized spacial score (nSPS) is 10.8. The first kappa shape index (κ1) is 12.1. The summed E-state index contributed by atoms with van der Waals surface area (Å²) >= 11 is 3.45. The number of pyridine rings is 1. The number of aromatic nitrogens is 2. The van der Waals surface area contributed by atoms with E-state index in [-0.39, 0.29) is 0 Å². The van der Waals surface area contributed by atoms with Crippen molar-refractivity contribution in [2.75, 3.05) is 6.61 Å². The van der Waals surface area contributed by atoms with Gasteiger partial charge in [0.15, 0.2) is 6.29 Å². The van der Waals surface area contributed by atoms with Gasteiger partial charge in [0.25, 0.3) is 0 Å². The fourth-order valence-electron chi connectivity index (χ4n) is 1.81. The van der Waals surface area contributed by atoms with Gasteiger partial charge in [0.05, 0.1) is 29.6 Å². The fourth-order valence-corrected chi connectivity index (χ4v) is 2.43. The number of hydrogen-bond acceptors (Lipinski definition) is 3. The Hall–Kier alpha value is -1.36. The van der Waals surface area contributed by atoms with Crippen LogP contribution >= 0.6 is 15.9 Å². The molecule has 17 heavy (non-hydrogen) atoms. The molecule has 4 nitrogen and oxygen atoms in total. The van der Waals surface area contributed by atoms with Crippen molar-refractivity contribution in [1.29, 1.82) is 0 Å². The van der Waals surface area contributed by atoms with Crippen LogP contribution in [0, 0.1) is 0 Å². The Kier molecular flexibility index (Phi) is 3.47. The maximum atomic E-state index is 11.1. The number of hydrogen-bond donors (Lipinski definition) is 0. The molecule has 90 valence electrons. The van der Waals surface area contributed by atoms with Crippen molar-refractivity contribution in [3.05, 3.63) is 28.0 Å². The van der Waals surface area contributed by atoms with E-state index in [9.17, 15) is 4.79 Å². The van der Waals surface area contributed by atoms with Gasteiger partial charge in [-0.1, -0.05) is 6.92 Å². The molecule has 0 saturated heterocycles. The fraction of sp³-hybridized carbons (Fsp3) is 0.333. The second-order valence-electron chi connectivity index (χ2n) is 3.58. The van der Waals surface area contributed by atoms with Crippen molar-refractivity contribution in [3.8, 4) is 5.75 Å². The third-order valence-corrected chi connectivity index (χ3v) is 3.14. The standard InChI is InChI=1S/C12H13BrN2O2/c1-3-11-9(7-16)12-10(13)5-8(17-4-2)6-15(12)14-11/h5-7H,3-4H2,1-2H3. The molecule has 0 unspecified atom stereocenters. The molecule has 0 saturated carbocycles. The summed E-state index contributed by atoms with van der Waals surface area (Å²) in [5.41, 5.74) is 2.23. The number of aryl methyl sites for hydroxylation is 1. The molecule has 0 spiro atoms. The van der Waals surface area contributed by atoms with Gasteiger partial charge in [-0.25, -0.2) is 4.52 Å². The van der Waals surface area contributed by atoms with Gasteiger partial charge in [-0.3, -0.25) is 4.79 Å². The Morgan fingerprint density at radius 2 is 2.29 bits per heavy atom. The van der Waals surface area contributed by atoms with E-state index in [0.717, 1.165) is 34.1 Å². The van der Waals surface area contributed by atoms with Crippen molar-refractivity contribution in [1.82, 2.24) is 9.61 Å². The molecule has 0 bridgehead atoms. The largest absolute Gasteiger partial charge is 0.492 e. The number of fused-ring (bicyclic) bond motifs is 1. The summed E-state index contributed by atoms with van der Waals surface area (Å²) < 4.78 is 7.94. The second kappa shape index (κ2) is 4.87. The smallest absolute Gasteiger partial charge is 0.154 e. The molecular weight excluding hydrogens is 284 g/mol. The minimum absolute atomic E-state index is 0.598. The number of nitrogens with zero attached hydrogens (tertiary/aromatic N) is 2. The van der Waals surface area contributed by atoms with Gasteiger partial charge in [-0.2, -0.15) is 5.10 Å². The third kappa shape index (κ3) is 2.07. The molecule has 2 aromatic heterocycles. The van der Waals surface area contributed by atoms with Crippen molar-refractivity contribution in [2.45, 2.75) is 20.3 Å². The van der Waals surface area contributed by atoms with E-state index in [2.05, 4.69) is 21.0 Å². The van der Waals surface area contributed by atoms with Crippen LogP contribution in [0.4, 0.5) is 0 Å². The second-order valence-corrected chi connectivity index (χ2v) is 4.44. The summed E-state index contributed by atoms with van der Waals surface area (Å²) in [7, 11) is 0. The lowest BCUT2D eigenvalue weighted by Crippen LogP contribution is -1.95. The monoisotopic (exact) mass is 296 g/mol. The van der Waals surface area contributed by atoms with Gasteiger partial charge < -0.3 is 4.74 Å². The van der Waals surface area contributed by atoms with Gasteiger partial charge in [0, 0.05) is 4.47 Å². The number of ether oxygens (including phenoxy) is 1. The Morgan fingerprint density at radius 1 is 1.53 bits per heavy atom. The average Bonchev–Trinajstić information content (AvgIpc) is 2.67. The zero-order valence-corrected chi connectivity index (χ0v) is 11.3. The van der Waals surface area contributed by atoms with Crippen molar-refractivity contribution >= 4 is 27.7 Å². The van der Waals surface area contributed by atoms with E-state index in [4.69, 9.17) is 4.74 Å². The summed E-state index contributed by atoms with van der Waals surface area (Å²) in [6.45, 7) is 4.50. The molecule has 0 radical (unpaired) electrons. The Bertz CT molecular complexity index is 563. The van der Waals surface area contributed by atoms with Gasteiger partial charge in [0.2, 0.25) is 0 Å². The molecule has 2 heterocycles. The molecule has 0 aliphatic carbocycles. The van der Waals surface area contributed by atoms with Crippen LogP contribution in [0.5, 0.6) is 5.75 Å². The lowest BCUT2D eigenvalue weighted by molar-refractivity contribution is 0.112. The predicted molar refractivity (Wildman–Crippen MR) is 68.8 cm³/mol. The Labute approximate surface area is 108 Å². The van der Waals surface area contributed by atoms with Crippen LogP contribution in [0.25, 0.3) is 5.52 Å². The minimum atomic E-state index is 0.598. The van der Waals surface area contributed by atoms with E-state index >= 15 is 0 Å². The molecule has 0 amide bonds. The summed E-state index contributed by atoms with van der Waals surface area (Å²) in [5, 5.41) is 4.38. The van der Waals surface area contributed by atoms with E-state index < -0.39 is 0 Å². The SMILES string of the molecule is CCOc1cc(Br)c2c(C=O)c(CC)nn2c1. The quantitative estimate of drug-likeness (QED) is 0.815. The van der Waals surface area contributed by atoms with Crippen LogP contribution in [0.3, 0.4) is 0 Å². The Balaban J connectivity index is 2.69. The molecule has 5 heteroatoms. The maximum absolute atomic E-state index is 11.1. The van der Waals surface area contributed by atoms with Crippen LogP contribution in [0.15, 0.2) is 16.7 Å². The first-order valence-corrected chi connectivity index (χ1v) is 6.29. The van der Waals surface area contributed by atoms with E-state index in [1.165, 1.54) is 0 Å². The number of carbonyl (C=O) groups excluding carboxylic acids is 1. The molecule has 0 aromatic carbocycles. The van der Waals surface area contributed by atoms with Crippen LogP contribution in [-0.4, -0.2) is 22.5 Å². The van der Waals surface area contributed by atoms with Gasteiger partial charge in [-0.15, -0.1) is 0 Å². The molecular formula is C12H13BrN2O2. The lowest BCUT2D eigenvalue weighted by atomic mass is 10.2. The first-order valence-electron chi connectivity index (χ1n) is 5.50. The lowest BCUT2D eigenvalue weighted by Gasteiger charge is -2.05. The van der Waals surface area contributed by atoms with Crippen LogP contribution in [0.1, 0.15) is 29.9 Å². The first-order chi connectivity index (χ1) is 8.21. The number of carbonyl (C=O) groups is 1. The van der Waals surface area contributed by atoms with Crippen molar-refractivity contribution in [2.24, 2.45) is 0 Å². The van der Waals surface area contributed by atoms with Gasteiger partial charge in [-0.05, 0) is 35.3 Å². The average molecular weight is 297 g/mol. The highest BCUT2D eigenvalue weighted by Gasteiger charge is 2.14. The van der Waals surface area contributed by atoms with Crippen LogP contribution in [-0.2, 0) is 6.42 Å². The van der Waals surface area contributed by atoms with Crippen molar-refractivity contribution < 1.29 is 9.53 Å². The summed E-state index contributed by atoms with van der Waals surface area (Å²) in [6, 6.07) is 1.85. The molecule has 0 N–H and O–H groups in total. The molecule has 2 rings (SSSR count). The highest BCUT2D eigenvalue weighted by atomic mass is 79.9. The molecule has 0 fully saturated rings. The topological polar surface area (TPSA) is 43.6 Å².